The summed E-state index contributed by atoms with van der Waals surface area (Å²) in [5, 5.41) is 14.1. The van der Waals surface area contributed by atoms with Gasteiger partial charge in [0, 0.05) is 31.3 Å². The number of aliphatic hydroxyl groups is 1. The first kappa shape index (κ1) is 26.0. The van der Waals surface area contributed by atoms with Gasteiger partial charge in [-0.25, -0.2) is 9.97 Å². The number of anilines is 1. The third kappa shape index (κ3) is 5.84. The summed E-state index contributed by atoms with van der Waals surface area (Å²) in [4.78, 5) is 39.3. The predicted molar refractivity (Wildman–Crippen MR) is 130 cm³/mol. The van der Waals surface area contributed by atoms with Crippen LogP contribution in [0.1, 0.15) is 45.3 Å². The van der Waals surface area contributed by atoms with E-state index in [-0.39, 0.29) is 36.0 Å². The third-order valence-electron chi connectivity index (χ3n) is 6.11. The Balaban J connectivity index is 1.51. The molecule has 14 nitrogen and oxygen atoms in total. The largest absolute Gasteiger partial charge is 0.388 e. The van der Waals surface area contributed by atoms with Gasteiger partial charge in [-0.05, 0) is 6.42 Å². The number of aliphatic hydroxyl groups excluding tert-OH is 1. The van der Waals surface area contributed by atoms with Gasteiger partial charge in [-0.15, -0.1) is 0 Å². The Morgan fingerprint density at radius 1 is 1.36 bits per heavy atom. The molecule has 4 heterocycles. The van der Waals surface area contributed by atoms with Crippen molar-refractivity contribution >= 4 is 31.2 Å². The van der Waals surface area contributed by atoms with Crippen LogP contribution in [0.2, 0.25) is 0 Å². The Labute approximate surface area is 207 Å². The summed E-state index contributed by atoms with van der Waals surface area (Å²) in [6.45, 7) is 2.52. The van der Waals surface area contributed by atoms with Gasteiger partial charge in [0.05, 0.1) is 19.0 Å². The Morgan fingerprint density at radius 2 is 2.19 bits per heavy atom. The minimum absolute atomic E-state index is 0.0335. The summed E-state index contributed by atoms with van der Waals surface area (Å²) in [6.07, 6.45) is 6.80. The minimum atomic E-state index is -2.67. The van der Waals surface area contributed by atoms with E-state index in [0.29, 0.717) is 6.54 Å². The summed E-state index contributed by atoms with van der Waals surface area (Å²) in [5.74, 6) is -1.03. The fourth-order valence-corrected chi connectivity index (χ4v) is 5.03. The van der Waals surface area contributed by atoms with E-state index in [1.807, 2.05) is 0 Å². The lowest BCUT2D eigenvalue weighted by molar-refractivity contribution is -0.123. The zero-order chi connectivity index (χ0) is 25.7. The molecule has 196 valence electrons. The van der Waals surface area contributed by atoms with Gasteiger partial charge in [0.2, 0.25) is 11.9 Å². The molecule has 1 amide bonds. The maximum atomic E-state index is 12.7. The molecular weight excluding hydrogens is 491 g/mol. The molecule has 0 radical (unpaired) electrons. The van der Waals surface area contributed by atoms with E-state index in [2.05, 4.69) is 32.2 Å². The predicted octanol–water partition coefficient (Wildman–Crippen LogP) is 0.814. The van der Waals surface area contributed by atoms with Gasteiger partial charge in [0.1, 0.15) is 12.4 Å². The molecule has 3 aromatic heterocycles. The summed E-state index contributed by atoms with van der Waals surface area (Å²) in [5.41, 5.74) is 5.33. The average molecular weight is 523 g/mol. The summed E-state index contributed by atoms with van der Waals surface area (Å²) < 4.78 is 26.8. The summed E-state index contributed by atoms with van der Waals surface area (Å²) in [6, 6.07) is 0. The molecule has 4 rings (SSSR count). The maximum Gasteiger partial charge on any atom is 0.289 e. The highest BCUT2D eigenvalue weighted by molar-refractivity contribution is 7.37. The Bertz CT molecular complexity index is 1240. The average Bonchev–Trinajstić information content (AvgIpc) is 3.58. The molecule has 0 spiro atoms. The van der Waals surface area contributed by atoms with Crippen LogP contribution in [0.15, 0.2) is 29.8 Å². The summed E-state index contributed by atoms with van der Waals surface area (Å²) in [7, 11) is -2.67. The molecule has 1 unspecified atom stereocenters. The molecule has 0 aromatic carbocycles. The van der Waals surface area contributed by atoms with Crippen LogP contribution < -0.4 is 16.6 Å². The van der Waals surface area contributed by atoms with E-state index >= 15 is 0 Å². The lowest BCUT2D eigenvalue weighted by atomic mass is 9.94. The van der Waals surface area contributed by atoms with Gasteiger partial charge in [-0.3, -0.25) is 28.0 Å². The number of unbranched alkanes of at least 4 members (excludes halogenated alkanes) is 3. The number of nitrogens with zero attached hydrogens (tertiary/aromatic N) is 5. The number of rotatable bonds is 12. The van der Waals surface area contributed by atoms with Crippen LogP contribution in [0.5, 0.6) is 0 Å². The van der Waals surface area contributed by atoms with Crippen molar-refractivity contribution in [3.63, 3.8) is 0 Å². The molecule has 36 heavy (non-hydrogen) atoms. The molecule has 1 aliphatic heterocycles. The van der Waals surface area contributed by atoms with Crippen LogP contribution in [0, 0.1) is 5.92 Å². The summed E-state index contributed by atoms with van der Waals surface area (Å²) >= 11 is 0. The number of nitrogens with one attached hydrogen (secondary N) is 2. The number of aromatic nitrogens is 6. The first-order chi connectivity index (χ1) is 17.4. The van der Waals surface area contributed by atoms with Gasteiger partial charge in [-0.2, -0.15) is 4.98 Å². The number of H-pyrrole nitrogens is 1. The van der Waals surface area contributed by atoms with E-state index in [1.165, 1.54) is 34.0 Å². The fraction of sp³-hybridized carbons (Fsp3) is 0.571. The molecule has 0 bridgehead atoms. The van der Waals surface area contributed by atoms with Crippen LogP contribution in [-0.2, 0) is 18.6 Å². The molecule has 0 saturated carbocycles. The monoisotopic (exact) mass is 522 g/mol. The lowest BCUT2D eigenvalue weighted by Crippen LogP contribution is -2.35. The molecule has 5 N–H and O–H groups in total. The molecule has 15 heteroatoms. The van der Waals surface area contributed by atoms with Gasteiger partial charge in [-0.1, -0.05) is 26.2 Å². The molecule has 1 aliphatic rings. The number of fused-ring (bicyclic) bond motifs is 1. The normalized spacial score (nSPS) is 22.7. The molecule has 1 fully saturated rings. The molecular formula is C21H31N8O6P. The zero-order valence-corrected chi connectivity index (χ0v) is 20.9. The van der Waals surface area contributed by atoms with E-state index in [9.17, 15) is 19.3 Å². The lowest BCUT2D eigenvalue weighted by Gasteiger charge is -2.20. The van der Waals surface area contributed by atoms with Gasteiger partial charge in [0.25, 0.3) is 13.7 Å². The first-order valence-electron chi connectivity index (χ1n) is 11.9. The standard InChI is InChI=1S/C21H31N8O6P/c1-2-3-4-5-6-24-15(30)9-13-14(10-34-36(33)28-8-7-23-11-28)35-20(17(13)31)29-12-25-16-18(29)26-21(22)27-19(16)32/h7-8,11-14,17,20,31,36H,2-6,9-10H2,1H3,(H,24,30)(H3,22,26,27,32)/t13-,14-,17-,20-/m1/s1. The minimum Gasteiger partial charge on any atom is -0.388 e. The van der Waals surface area contributed by atoms with Gasteiger partial charge < -0.3 is 25.4 Å². The Morgan fingerprint density at radius 3 is 2.94 bits per heavy atom. The highest BCUT2D eigenvalue weighted by Gasteiger charge is 2.46. The number of amides is 1. The zero-order valence-electron chi connectivity index (χ0n) is 19.9. The second-order valence-corrected chi connectivity index (χ2v) is 9.99. The van der Waals surface area contributed by atoms with Crippen molar-refractivity contribution in [2.24, 2.45) is 5.92 Å². The van der Waals surface area contributed by atoms with Crippen molar-refractivity contribution in [3.8, 4) is 0 Å². The quantitative estimate of drug-likeness (QED) is 0.195. The van der Waals surface area contributed by atoms with Gasteiger partial charge in [0.15, 0.2) is 17.4 Å². The Kier molecular flexibility index (Phi) is 8.52. The molecule has 5 atom stereocenters. The van der Waals surface area contributed by atoms with Crippen LogP contribution in [0.3, 0.4) is 0 Å². The van der Waals surface area contributed by atoms with Crippen molar-refractivity contribution in [3.05, 3.63) is 35.4 Å². The molecule has 0 aliphatic carbocycles. The van der Waals surface area contributed by atoms with Crippen molar-refractivity contribution < 1.29 is 23.7 Å². The van der Waals surface area contributed by atoms with Crippen molar-refractivity contribution in [2.45, 2.75) is 57.5 Å². The van der Waals surface area contributed by atoms with E-state index in [0.717, 1.165) is 25.7 Å². The third-order valence-corrected chi connectivity index (χ3v) is 7.21. The van der Waals surface area contributed by atoms with E-state index in [1.54, 1.807) is 0 Å². The van der Waals surface area contributed by atoms with Crippen LogP contribution >= 0.6 is 8.18 Å². The number of carbonyl (C=O) groups excluding carboxylic acids is 1. The number of hydrogen-bond donors (Lipinski definition) is 4. The topological polar surface area (TPSA) is 192 Å². The Hall–Kier alpha value is -3.06. The number of imidazole rings is 2. The van der Waals surface area contributed by atoms with Crippen molar-refractivity contribution in [1.29, 1.82) is 0 Å². The number of nitrogens with two attached hydrogens (primary N) is 1. The van der Waals surface area contributed by atoms with E-state index in [4.69, 9.17) is 15.0 Å². The second kappa shape index (κ2) is 11.8. The van der Waals surface area contributed by atoms with E-state index < -0.39 is 38.1 Å². The van der Waals surface area contributed by atoms with Gasteiger partial charge >= 0.3 is 0 Å². The molecule has 1 saturated heterocycles. The smallest absolute Gasteiger partial charge is 0.289 e. The maximum absolute atomic E-state index is 12.7. The molecule has 3 aromatic rings. The number of aromatic amines is 1. The highest BCUT2D eigenvalue weighted by atomic mass is 31.1. The second-order valence-electron chi connectivity index (χ2n) is 8.66. The van der Waals surface area contributed by atoms with Crippen molar-refractivity contribution in [2.75, 3.05) is 18.9 Å². The van der Waals surface area contributed by atoms with Crippen LogP contribution in [0.25, 0.3) is 11.2 Å². The number of ether oxygens (including phenoxy) is 1. The van der Waals surface area contributed by atoms with Crippen LogP contribution in [-0.4, -0.2) is 65.2 Å². The number of hydrogen-bond acceptors (Lipinski definition) is 10. The number of nitrogen functional groups attached to an aromatic ring is 1. The number of carbonyl (C=O) groups is 1. The fourth-order valence-electron chi connectivity index (χ4n) is 4.23. The highest BCUT2D eigenvalue weighted by Crippen LogP contribution is 2.38. The van der Waals surface area contributed by atoms with Crippen LogP contribution in [0.4, 0.5) is 5.95 Å². The SMILES string of the molecule is CCCCCCNC(=O)C[C@H]1[C@@H](O)[C@H](n2cnc3c(=O)[nH]c(N)nc32)O[C@@H]1CO[PH](=O)n1ccnc1. The first-order valence-corrected chi connectivity index (χ1v) is 13.1. The van der Waals surface area contributed by atoms with Crippen molar-refractivity contribution in [1.82, 2.24) is 34.2 Å².